The Labute approximate surface area is 156 Å². The van der Waals surface area contributed by atoms with Gasteiger partial charge < -0.3 is 10.1 Å². The van der Waals surface area contributed by atoms with Crippen LogP contribution in [0.5, 0.6) is 0 Å². The molecule has 0 saturated carbocycles. The average Bonchev–Trinajstić information content (AvgIpc) is 2.64. The van der Waals surface area contributed by atoms with Crippen LogP contribution in [-0.2, 0) is 0 Å². The van der Waals surface area contributed by atoms with E-state index in [0.29, 0.717) is 38.0 Å². The highest BCUT2D eigenvalue weighted by molar-refractivity contribution is 6.36. The predicted molar refractivity (Wildman–Crippen MR) is 101 cm³/mol. The molecule has 0 bridgehead atoms. The van der Waals surface area contributed by atoms with E-state index in [1.807, 2.05) is 14.1 Å². The first kappa shape index (κ1) is 17.5. The standard InChI is InChI=1S/C19H16Cl2N2O2/c1-22(2)10-12-11-23(25)18(15-5-3-4-6-17(15)21)16-9-13(20)7-8-14(16)19(12)24/h3-10H,11H2,1-2H3. The third-order valence-electron chi connectivity index (χ3n) is 3.88. The number of carbonyl (C=O) groups excluding carboxylic acids is 1. The molecular formula is C19H16Cl2N2O2. The second-order valence-electron chi connectivity index (χ2n) is 6.00. The minimum atomic E-state index is -0.191. The van der Waals surface area contributed by atoms with Crippen LogP contribution in [0, 0.1) is 5.21 Å². The normalized spacial score (nSPS) is 16.0. The van der Waals surface area contributed by atoms with Crippen LogP contribution < -0.4 is 0 Å². The van der Waals surface area contributed by atoms with Gasteiger partial charge in [0.15, 0.2) is 12.3 Å². The Morgan fingerprint density at radius 1 is 1.08 bits per heavy atom. The Bertz CT molecular complexity index is 917. The molecule has 4 nitrogen and oxygen atoms in total. The maximum atomic E-state index is 12.9. The van der Waals surface area contributed by atoms with Gasteiger partial charge in [-0.2, -0.15) is 4.74 Å². The van der Waals surface area contributed by atoms with Crippen LogP contribution >= 0.6 is 23.2 Å². The van der Waals surface area contributed by atoms with Crippen molar-refractivity contribution in [3.05, 3.63) is 86.2 Å². The topological polar surface area (TPSA) is 46.4 Å². The highest BCUT2D eigenvalue weighted by Gasteiger charge is 2.31. The fourth-order valence-corrected chi connectivity index (χ4v) is 3.26. The summed E-state index contributed by atoms with van der Waals surface area (Å²) in [6.07, 6.45) is 1.67. The van der Waals surface area contributed by atoms with Gasteiger partial charge in [-0.05, 0) is 30.3 Å². The Balaban J connectivity index is 2.33. The Hall–Kier alpha value is -2.30. The zero-order chi connectivity index (χ0) is 18.1. The maximum absolute atomic E-state index is 12.9. The Morgan fingerprint density at radius 3 is 2.48 bits per heavy atom. The molecule has 3 rings (SSSR count). The van der Waals surface area contributed by atoms with Crippen LogP contribution in [0.15, 0.2) is 54.2 Å². The average molecular weight is 375 g/mol. The van der Waals surface area contributed by atoms with E-state index in [4.69, 9.17) is 23.2 Å². The van der Waals surface area contributed by atoms with Crippen molar-refractivity contribution in [1.82, 2.24) is 4.90 Å². The van der Waals surface area contributed by atoms with Crippen LogP contribution in [0.1, 0.15) is 21.5 Å². The minimum absolute atomic E-state index is 0.0656. The molecule has 2 aromatic carbocycles. The smallest absolute Gasteiger partial charge is 0.228 e. The van der Waals surface area contributed by atoms with Gasteiger partial charge in [-0.15, -0.1) is 0 Å². The molecule has 0 N–H and O–H groups in total. The highest BCUT2D eigenvalue weighted by Crippen LogP contribution is 2.28. The molecule has 1 aliphatic heterocycles. The van der Waals surface area contributed by atoms with Crippen molar-refractivity contribution in [2.45, 2.75) is 0 Å². The van der Waals surface area contributed by atoms with Crippen molar-refractivity contribution in [3.8, 4) is 0 Å². The molecule has 0 aromatic heterocycles. The molecule has 0 atom stereocenters. The molecule has 6 heteroatoms. The number of hydrogen-bond acceptors (Lipinski definition) is 3. The van der Waals surface area contributed by atoms with E-state index in [2.05, 4.69) is 0 Å². The summed E-state index contributed by atoms with van der Waals surface area (Å²) >= 11 is 12.5. The second kappa shape index (κ2) is 6.90. The van der Waals surface area contributed by atoms with Gasteiger partial charge in [0.25, 0.3) is 0 Å². The number of halogens is 2. The first-order valence-electron chi connectivity index (χ1n) is 7.66. The van der Waals surface area contributed by atoms with Gasteiger partial charge in [0.05, 0.1) is 21.7 Å². The second-order valence-corrected chi connectivity index (χ2v) is 6.85. The van der Waals surface area contributed by atoms with Crippen molar-refractivity contribution in [2.24, 2.45) is 0 Å². The zero-order valence-corrected chi connectivity index (χ0v) is 15.3. The van der Waals surface area contributed by atoms with Crippen molar-refractivity contribution >= 4 is 34.7 Å². The molecule has 0 radical (unpaired) electrons. The summed E-state index contributed by atoms with van der Waals surface area (Å²) < 4.78 is 0.802. The summed E-state index contributed by atoms with van der Waals surface area (Å²) in [6, 6.07) is 12.0. The SMILES string of the molecule is CN(C)C=C1C[N+]([O-])=C(c2ccccc2Cl)c2cc(Cl)ccc2C1=O. The van der Waals surface area contributed by atoms with E-state index in [9.17, 15) is 10.0 Å². The van der Waals surface area contributed by atoms with E-state index >= 15 is 0 Å². The maximum Gasteiger partial charge on any atom is 0.228 e. The minimum Gasteiger partial charge on any atom is -0.623 e. The quantitative estimate of drug-likeness (QED) is 0.453. The molecule has 1 aliphatic rings. The zero-order valence-electron chi connectivity index (χ0n) is 13.8. The number of rotatable bonds is 2. The summed E-state index contributed by atoms with van der Waals surface area (Å²) in [5, 5.41) is 13.8. The van der Waals surface area contributed by atoms with Gasteiger partial charge in [-0.25, -0.2) is 0 Å². The lowest BCUT2D eigenvalue weighted by Gasteiger charge is -2.12. The van der Waals surface area contributed by atoms with Crippen LogP contribution in [0.4, 0.5) is 0 Å². The van der Waals surface area contributed by atoms with E-state index in [1.165, 1.54) is 0 Å². The van der Waals surface area contributed by atoms with Crippen LogP contribution in [0.25, 0.3) is 0 Å². The fraction of sp³-hybridized carbons (Fsp3) is 0.158. The summed E-state index contributed by atoms with van der Waals surface area (Å²) in [5.41, 5.74) is 2.25. The Kier molecular flexibility index (Phi) is 4.84. The number of carbonyl (C=O) groups is 1. The molecule has 0 fully saturated rings. The van der Waals surface area contributed by atoms with Gasteiger partial charge in [0, 0.05) is 30.9 Å². The number of fused-ring (bicyclic) bond motifs is 1. The van der Waals surface area contributed by atoms with Crippen molar-refractivity contribution in [3.63, 3.8) is 0 Å². The molecule has 128 valence electrons. The molecule has 1 heterocycles. The summed E-state index contributed by atoms with van der Waals surface area (Å²) in [6.45, 7) is -0.0656. The lowest BCUT2D eigenvalue weighted by atomic mass is 9.94. The third kappa shape index (κ3) is 3.41. The lowest BCUT2D eigenvalue weighted by molar-refractivity contribution is -0.446. The predicted octanol–water partition coefficient (Wildman–Crippen LogP) is 3.98. The van der Waals surface area contributed by atoms with Gasteiger partial charge in [0.2, 0.25) is 5.71 Å². The first-order valence-corrected chi connectivity index (χ1v) is 8.42. The van der Waals surface area contributed by atoms with Crippen molar-refractivity contribution in [1.29, 1.82) is 0 Å². The third-order valence-corrected chi connectivity index (χ3v) is 4.44. The van der Waals surface area contributed by atoms with Gasteiger partial charge >= 0.3 is 0 Å². The lowest BCUT2D eigenvalue weighted by Crippen LogP contribution is -2.20. The number of hydrogen-bond donors (Lipinski definition) is 0. The van der Waals surface area contributed by atoms with Gasteiger partial charge in [0.1, 0.15) is 0 Å². The summed E-state index contributed by atoms with van der Waals surface area (Å²) in [4.78, 5) is 14.7. The number of hydroxylamine groups is 1. The van der Waals surface area contributed by atoms with E-state index < -0.39 is 0 Å². The molecule has 0 amide bonds. The van der Waals surface area contributed by atoms with E-state index in [1.54, 1.807) is 53.6 Å². The first-order chi connectivity index (χ1) is 11.9. The highest BCUT2D eigenvalue weighted by atomic mass is 35.5. The molecule has 25 heavy (non-hydrogen) atoms. The van der Waals surface area contributed by atoms with Crippen LogP contribution in [-0.4, -0.2) is 41.8 Å². The number of nitrogens with zero attached hydrogens (tertiary/aromatic N) is 2. The van der Waals surface area contributed by atoms with Crippen LogP contribution in [0.2, 0.25) is 10.0 Å². The molecular weight excluding hydrogens is 359 g/mol. The van der Waals surface area contributed by atoms with Gasteiger partial charge in [-0.1, -0.05) is 35.3 Å². The number of Topliss-reactive ketones (excluding diaryl/α,β-unsaturated/α-hetero) is 1. The summed E-state index contributed by atoms with van der Waals surface area (Å²) in [5.74, 6) is -0.191. The van der Waals surface area contributed by atoms with E-state index in [-0.39, 0.29) is 12.3 Å². The van der Waals surface area contributed by atoms with Crippen molar-refractivity contribution in [2.75, 3.05) is 20.6 Å². The fourth-order valence-electron chi connectivity index (χ4n) is 2.87. The molecule has 0 spiro atoms. The van der Waals surface area contributed by atoms with Crippen LogP contribution in [0.3, 0.4) is 0 Å². The Morgan fingerprint density at radius 2 is 1.80 bits per heavy atom. The molecule has 0 aliphatic carbocycles. The monoisotopic (exact) mass is 374 g/mol. The largest absolute Gasteiger partial charge is 0.623 e. The molecule has 0 unspecified atom stereocenters. The van der Waals surface area contributed by atoms with E-state index in [0.717, 1.165) is 4.74 Å². The number of ketones is 1. The number of benzene rings is 2. The van der Waals surface area contributed by atoms with Crippen molar-refractivity contribution < 1.29 is 9.53 Å². The molecule has 0 saturated heterocycles. The summed E-state index contributed by atoms with van der Waals surface area (Å²) in [7, 11) is 3.61. The van der Waals surface area contributed by atoms with Gasteiger partial charge in [-0.3, -0.25) is 4.79 Å². The molecule has 2 aromatic rings.